The Bertz CT molecular complexity index is 551. The van der Waals surface area contributed by atoms with Gasteiger partial charge in [0, 0.05) is 16.6 Å². The number of alkyl halides is 3. The maximum Gasteiger partial charge on any atom is 0.418 e. The number of hydrogen-bond donors (Lipinski definition) is 0. The van der Waals surface area contributed by atoms with Crippen molar-refractivity contribution in [2.24, 2.45) is 0 Å². The van der Waals surface area contributed by atoms with Gasteiger partial charge in [-0.2, -0.15) is 13.2 Å². The molecule has 0 N–H and O–H groups in total. The van der Waals surface area contributed by atoms with E-state index in [2.05, 4.69) is 4.98 Å². The molecule has 0 radical (unpaired) electrons. The Labute approximate surface area is 98.8 Å². The lowest BCUT2D eigenvalue weighted by Gasteiger charge is -2.10. The third kappa shape index (κ3) is 1.95. The second-order valence-corrected chi connectivity index (χ2v) is 3.94. The van der Waals surface area contributed by atoms with Gasteiger partial charge in [0.05, 0.1) is 5.56 Å². The molecule has 1 aromatic heterocycles. The van der Waals surface area contributed by atoms with Crippen molar-refractivity contribution in [2.75, 3.05) is 0 Å². The van der Waals surface area contributed by atoms with E-state index >= 15 is 0 Å². The predicted molar refractivity (Wildman–Crippen MR) is 56.8 cm³/mol. The summed E-state index contributed by atoms with van der Waals surface area (Å²) in [6, 6.07) is 4.12. The van der Waals surface area contributed by atoms with Crippen molar-refractivity contribution in [3.8, 4) is 0 Å². The Kier molecular flexibility index (Phi) is 2.72. The normalized spacial score (nSPS) is 12.1. The van der Waals surface area contributed by atoms with Crippen molar-refractivity contribution in [3.05, 3.63) is 40.1 Å². The summed E-state index contributed by atoms with van der Waals surface area (Å²) in [6.45, 7) is 0. The number of hydrogen-bond acceptors (Lipinski definition) is 1. The van der Waals surface area contributed by atoms with Crippen LogP contribution in [0.15, 0.2) is 24.4 Å². The highest BCUT2D eigenvalue weighted by Gasteiger charge is 2.33. The zero-order valence-corrected chi connectivity index (χ0v) is 9.16. The van der Waals surface area contributed by atoms with Crippen LogP contribution in [0.2, 0.25) is 10.2 Å². The zero-order chi connectivity index (χ0) is 11.9. The minimum Gasteiger partial charge on any atom is -0.243 e. The predicted octanol–water partition coefficient (Wildman–Crippen LogP) is 4.56. The molecule has 6 heteroatoms. The first-order valence-corrected chi connectivity index (χ1v) is 4.96. The van der Waals surface area contributed by atoms with Gasteiger partial charge in [-0.3, -0.25) is 0 Å². The molecule has 16 heavy (non-hydrogen) atoms. The Morgan fingerprint density at radius 3 is 2.38 bits per heavy atom. The SMILES string of the molecule is FC(F)(F)c1cnc(Cl)c2ccc(Cl)cc12. The van der Waals surface area contributed by atoms with Gasteiger partial charge in [0.2, 0.25) is 0 Å². The van der Waals surface area contributed by atoms with E-state index in [4.69, 9.17) is 23.2 Å². The molecule has 0 unspecified atom stereocenters. The lowest BCUT2D eigenvalue weighted by atomic mass is 10.1. The quantitative estimate of drug-likeness (QED) is 0.637. The van der Waals surface area contributed by atoms with Crippen LogP contribution in [-0.4, -0.2) is 4.98 Å². The van der Waals surface area contributed by atoms with Crippen LogP contribution < -0.4 is 0 Å². The minimum absolute atomic E-state index is 0.0275. The van der Waals surface area contributed by atoms with E-state index in [1.807, 2.05) is 0 Å². The molecule has 0 aliphatic rings. The summed E-state index contributed by atoms with van der Waals surface area (Å²) in [7, 11) is 0. The molecular weight excluding hydrogens is 262 g/mol. The molecule has 0 saturated heterocycles. The second-order valence-electron chi connectivity index (χ2n) is 3.15. The number of pyridine rings is 1. The van der Waals surface area contributed by atoms with Gasteiger partial charge in [-0.1, -0.05) is 23.2 Å². The van der Waals surface area contributed by atoms with E-state index in [1.54, 1.807) is 0 Å². The van der Waals surface area contributed by atoms with E-state index in [9.17, 15) is 13.2 Å². The Hall–Kier alpha value is -1.00. The average Bonchev–Trinajstić information content (AvgIpc) is 2.15. The van der Waals surface area contributed by atoms with Crippen LogP contribution in [0.25, 0.3) is 10.8 Å². The molecule has 0 aliphatic heterocycles. The molecule has 1 nitrogen and oxygen atoms in total. The van der Waals surface area contributed by atoms with Gasteiger partial charge in [-0.25, -0.2) is 4.98 Å². The molecule has 1 aromatic carbocycles. The molecule has 0 fully saturated rings. The molecule has 0 atom stereocenters. The summed E-state index contributed by atoms with van der Waals surface area (Å²) < 4.78 is 38.0. The Balaban J connectivity index is 2.86. The van der Waals surface area contributed by atoms with Crippen molar-refractivity contribution < 1.29 is 13.2 Å². The highest BCUT2D eigenvalue weighted by molar-refractivity contribution is 6.35. The van der Waals surface area contributed by atoms with Crippen LogP contribution in [-0.2, 0) is 6.18 Å². The topological polar surface area (TPSA) is 12.9 Å². The summed E-state index contributed by atoms with van der Waals surface area (Å²) >= 11 is 11.4. The van der Waals surface area contributed by atoms with Crippen molar-refractivity contribution in [3.63, 3.8) is 0 Å². The fourth-order valence-corrected chi connectivity index (χ4v) is 1.79. The molecule has 0 bridgehead atoms. The largest absolute Gasteiger partial charge is 0.418 e. The van der Waals surface area contributed by atoms with E-state index in [0.717, 1.165) is 0 Å². The lowest BCUT2D eigenvalue weighted by molar-refractivity contribution is -0.136. The molecular formula is C10H4Cl2F3N. The van der Waals surface area contributed by atoms with Crippen LogP contribution in [0.1, 0.15) is 5.56 Å². The van der Waals surface area contributed by atoms with Crippen molar-refractivity contribution in [1.29, 1.82) is 0 Å². The fraction of sp³-hybridized carbons (Fsp3) is 0.100. The van der Waals surface area contributed by atoms with E-state index in [-0.39, 0.29) is 20.9 Å². The van der Waals surface area contributed by atoms with Crippen molar-refractivity contribution in [1.82, 2.24) is 4.98 Å². The third-order valence-electron chi connectivity index (χ3n) is 2.11. The van der Waals surface area contributed by atoms with Crippen LogP contribution in [0.5, 0.6) is 0 Å². The molecule has 0 spiro atoms. The van der Waals surface area contributed by atoms with E-state index in [1.165, 1.54) is 18.2 Å². The van der Waals surface area contributed by atoms with Gasteiger partial charge in [0.15, 0.2) is 0 Å². The summed E-state index contributed by atoms with van der Waals surface area (Å²) in [5.41, 5.74) is -0.839. The maximum atomic E-state index is 12.7. The highest BCUT2D eigenvalue weighted by atomic mass is 35.5. The van der Waals surface area contributed by atoms with Crippen molar-refractivity contribution in [2.45, 2.75) is 6.18 Å². The Morgan fingerprint density at radius 2 is 1.75 bits per heavy atom. The first kappa shape index (κ1) is 11.5. The van der Waals surface area contributed by atoms with Crippen LogP contribution >= 0.6 is 23.2 Å². The van der Waals surface area contributed by atoms with E-state index in [0.29, 0.717) is 6.20 Å². The smallest absolute Gasteiger partial charge is 0.243 e. The zero-order valence-electron chi connectivity index (χ0n) is 7.65. The summed E-state index contributed by atoms with van der Waals surface area (Å²) in [6.07, 6.45) is -3.76. The average molecular weight is 266 g/mol. The fourth-order valence-electron chi connectivity index (χ4n) is 1.41. The first-order valence-electron chi connectivity index (χ1n) is 4.20. The lowest BCUT2D eigenvalue weighted by Crippen LogP contribution is -2.06. The highest BCUT2D eigenvalue weighted by Crippen LogP contribution is 2.37. The number of rotatable bonds is 0. The third-order valence-corrected chi connectivity index (χ3v) is 2.64. The molecule has 0 aliphatic carbocycles. The monoisotopic (exact) mass is 265 g/mol. The van der Waals surface area contributed by atoms with E-state index < -0.39 is 11.7 Å². The maximum absolute atomic E-state index is 12.7. The number of benzene rings is 1. The van der Waals surface area contributed by atoms with Gasteiger partial charge >= 0.3 is 6.18 Å². The van der Waals surface area contributed by atoms with Gasteiger partial charge in [0.25, 0.3) is 0 Å². The minimum atomic E-state index is -4.47. The molecule has 0 saturated carbocycles. The second kappa shape index (κ2) is 3.79. The number of aromatic nitrogens is 1. The Morgan fingerprint density at radius 1 is 1.06 bits per heavy atom. The van der Waals surface area contributed by atoms with Crippen molar-refractivity contribution >= 4 is 34.0 Å². The molecule has 84 valence electrons. The summed E-state index contributed by atoms with van der Waals surface area (Å²) in [5.74, 6) is 0. The summed E-state index contributed by atoms with van der Waals surface area (Å²) in [5, 5.41) is 0.445. The van der Waals surface area contributed by atoms with Gasteiger partial charge in [-0.05, 0) is 23.6 Å². The molecule has 2 aromatic rings. The number of fused-ring (bicyclic) bond motifs is 1. The first-order chi connectivity index (χ1) is 7.39. The standard InChI is InChI=1S/C10H4Cl2F3N/c11-5-1-2-6-7(3-5)8(10(13,14)15)4-16-9(6)12/h1-4H. The molecule has 1 heterocycles. The van der Waals surface area contributed by atoms with Crippen LogP contribution in [0, 0.1) is 0 Å². The molecule has 2 rings (SSSR count). The number of nitrogens with zero attached hydrogens (tertiary/aromatic N) is 1. The van der Waals surface area contributed by atoms with Gasteiger partial charge in [-0.15, -0.1) is 0 Å². The van der Waals surface area contributed by atoms with Crippen LogP contribution in [0.3, 0.4) is 0 Å². The summed E-state index contributed by atoms with van der Waals surface area (Å²) in [4.78, 5) is 3.51. The van der Waals surface area contributed by atoms with Gasteiger partial charge in [0.1, 0.15) is 5.15 Å². The molecule has 0 amide bonds. The van der Waals surface area contributed by atoms with Crippen LogP contribution in [0.4, 0.5) is 13.2 Å². The number of halogens is 5. The van der Waals surface area contributed by atoms with Gasteiger partial charge < -0.3 is 0 Å².